The third-order valence-electron chi connectivity index (χ3n) is 3.14. The van der Waals surface area contributed by atoms with Gasteiger partial charge >= 0.3 is 5.69 Å². The summed E-state index contributed by atoms with van der Waals surface area (Å²) < 4.78 is 1.57. The number of piperazine rings is 1. The van der Waals surface area contributed by atoms with E-state index in [1.807, 2.05) is 0 Å². The minimum atomic E-state index is -0.375. The Bertz CT molecular complexity index is 440. The van der Waals surface area contributed by atoms with Gasteiger partial charge in [-0.15, -0.1) is 0 Å². The lowest BCUT2D eigenvalue weighted by Gasteiger charge is -2.43. The number of nitrogens with zero attached hydrogens (tertiary/aromatic N) is 4. The number of hydrogen-bond donors (Lipinski definition) is 1. The van der Waals surface area contributed by atoms with Gasteiger partial charge in [0.05, 0.1) is 4.92 Å². The Morgan fingerprint density at radius 2 is 2.29 bits per heavy atom. The highest BCUT2D eigenvalue weighted by Gasteiger charge is 2.36. The van der Waals surface area contributed by atoms with Crippen LogP contribution in [-0.4, -0.2) is 39.9 Å². The van der Waals surface area contributed by atoms with Crippen molar-refractivity contribution in [1.29, 1.82) is 0 Å². The van der Waals surface area contributed by atoms with Crippen molar-refractivity contribution in [3.05, 3.63) is 16.3 Å². The molecular formula is C10H17N5O2. The third kappa shape index (κ3) is 1.97. The molecule has 0 unspecified atom stereocenters. The number of rotatable bonds is 2. The van der Waals surface area contributed by atoms with E-state index in [4.69, 9.17) is 0 Å². The molecule has 1 aromatic rings. The van der Waals surface area contributed by atoms with Crippen LogP contribution in [-0.2, 0) is 7.05 Å². The molecule has 0 amide bonds. The van der Waals surface area contributed by atoms with Gasteiger partial charge in [0.15, 0.2) is 0 Å². The molecule has 1 aliphatic rings. The second-order valence-electron chi connectivity index (χ2n) is 4.87. The maximum absolute atomic E-state index is 11.0. The monoisotopic (exact) mass is 239 g/mol. The first-order chi connectivity index (χ1) is 7.93. The average molecular weight is 239 g/mol. The first-order valence-corrected chi connectivity index (χ1v) is 5.58. The van der Waals surface area contributed by atoms with Crippen molar-refractivity contribution in [3.63, 3.8) is 0 Å². The number of nitrogens with one attached hydrogen (secondary N) is 1. The van der Waals surface area contributed by atoms with Gasteiger partial charge in [0, 0.05) is 32.2 Å². The first kappa shape index (κ1) is 11.8. The largest absolute Gasteiger partial charge is 0.343 e. The Balaban J connectivity index is 2.45. The molecule has 1 aromatic heterocycles. The fraction of sp³-hybridized carbons (Fsp3) is 0.700. The van der Waals surface area contributed by atoms with E-state index in [2.05, 4.69) is 29.2 Å². The summed E-state index contributed by atoms with van der Waals surface area (Å²) in [6.45, 7) is 6.50. The molecule has 2 rings (SSSR count). The molecular weight excluding hydrogens is 222 g/mol. The molecule has 0 aliphatic carbocycles. The van der Waals surface area contributed by atoms with E-state index < -0.39 is 0 Å². The van der Waals surface area contributed by atoms with Crippen LogP contribution >= 0.6 is 0 Å². The van der Waals surface area contributed by atoms with Gasteiger partial charge in [-0.25, -0.2) is 4.68 Å². The highest BCUT2D eigenvalue weighted by molar-refractivity contribution is 5.59. The third-order valence-corrected chi connectivity index (χ3v) is 3.14. The minimum Gasteiger partial charge on any atom is -0.343 e. The van der Waals surface area contributed by atoms with Crippen molar-refractivity contribution in [2.45, 2.75) is 19.4 Å². The lowest BCUT2D eigenvalue weighted by Crippen LogP contribution is -2.58. The van der Waals surface area contributed by atoms with Crippen molar-refractivity contribution in [1.82, 2.24) is 15.1 Å². The summed E-state index contributed by atoms with van der Waals surface area (Å²) in [6.07, 6.45) is 1.31. The van der Waals surface area contributed by atoms with Gasteiger partial charge in [0.1, 0.15) is 6.20 Å². The molecule has 94 valence electrons. The molecule has 1 saturated heterocycles. The topological polar surface area (TPSA) is 76.2 Å². The second kappa shape index (κ2) is 3.99. The lowest BCUT2D eigenvalue weighted by atomic mass is 10.0. The molecule has 7 heteroatoms. The Hall–Kier alpha value is -1.63. The van der Waals surface area contributed by atoms with E-state index in [9.17, 15) is 10.1 Å². The zero-order valence-corrected chi connectivity index (χ0v) is 10.3. The number of anilines is 1. The molecule has 0 saturated carbocycles. The van der Waals surface area contributed by atoms with Crippen LogP contribution in [0.15, 0.2) is 6.20 Å². The van der Waals surface area contributed by atoms with Crippen LogP contribution in [0.1, 0.15) is 13.8 Å². The van der Waals surface area contributed by atoms with E-state index in [1.165, 1.54) is 6.20 Å². The van der Waals surface area contributed by atoms with Gasteiger partial charge in [-0.2, -0.15) is 5.10 Å². The molecule has 2 heterocycles. The Kier molecular flexibility index (Phi) is 2.78. The SMILES string of the molecule is Cn1ncc([N+](=O)[O-])c1N1CCNCC1(C)C. The zero-order chi connectivity index (χ0) is 12.6. The Labute approximate surface area is 99.6 Å². The van der Waals surface area contributed by atoms with Crippen LogP contribution in [0.2, 0.25) is 0 Å². The highest BCUT2D eigenvalue weighted by Crippen LogP contribution is 2.32. The van der Waals surface area contributed by atoms with E-state index >= 15 is 0 Å². The maximum atomic E-state index is 11.0. The van der Waals surface area contributed by atoms with E-state index in [0.29, 0.717) is 5.82 Å². The summed E-state index contributed by atoms with van der Waals surface area (Å²) >= 11 is 0. The first-order valence-electron chi connectivity index (χ1n) is 5.58. The smallest absolute Gasteiger partial charge is 0.331 e. The Morgan fingerprint density at radius 3 is 2.88 bits per heavy atom. The van der Waals surface area contributed by atoms with Crippen LogP contribution in [0, 0.1) is 10.1 Å². The maximum Gasteiger partial charge on any atom is 0.331 e. The molecule has 17 heavy (non-hydrogen) atoms. The Morgan fingerprint density at radius 1 is 1.59 bits per heavy atom. The van der Waals surface area contributed by atoms with Gasteiger partial charge < -0.3 is 10.2 Å². The average Bonchev–Trinajstić information content (AvgIpc) is 2.60. The molecule has 1 aliphatic heterocycles. The fourth-order valence-electron chi connectivity index (χ4n) is 2.24. The van der Waals surface area contributed by atoms with Crippen LogP contribution in [0.25, 0.3) is 0 Å². The van der Waals surface area contributed by atoms with Gasteiger partial charge in [-0.1, -0.05) is 0 Å². The number of aromatic nitrogens is 2. The molecule has 0 aromatic carbocycles. The summed E-state index contributed by atoms with van der Waals surface area (Å²) in [5.74, 6) is 0.585. The summed E-state index contributed by atoms with van der Waals surface area (Å²) in [5.41, 5.74) is -0.0842. The van der Waals surface area contributed by atoms with Crippen molar-refractivity contribution >= 4 is 11.5 Å². The minimum absolute atomic E-state index is 0.0717. The van der Waals surface area contributed by atoms with Crippen molar-refractivity contribution < 1.29 is 4.92 Å². The van der Waals surface area contributed by atoms with Crippen LogP contribution in [0.5, 0.6) is 0 Å². The quantitative estimate of drug-likeness (QED) is 0.601. The lowest BCUT2D eigenvalue weighted by molar-refractivity contribution is -0.384. The molecule has 0 bridgehead atoms. The standard InChI is InChI=1S/C10H17N5O2/c1-10(2)7-11-4-5-14(10)9-8(15(16)17)6-12-13(9)3/h6,11H,4-5,7H2,1-3H3. The van der Waals surface area contributed by atoms with Crippen molar-refractivity contribution in [2.24, 2.45) is 7.05 Å². The summed E-state index contributed by atoms with van der Waals surface area (Å²) in [4.78, 5) is 12.7. The van der Waals surface area contributed by atoms with E-state index in [1.54, 1.807) is 11.7 Å². The summed E-state index contributed by atoms with van der Waals surface area (Å²) in [5, 5.41) is 18.3. The van der Waals surface area contributed by atoms with Gasteiger partial charge in [-0.3, -0.25) is 10.1 Å². The van der Waals surface area contributed by atoms with Crippen LogP contribution < -0.4 is 10.2 Å². The van der Waals surface area contributed by atoms with Gasteiger partial charge in [0.2, 0.25) is 5.82 Å². The highest BCUT2D eigenvalue weighted by atomic mass is 16.6. The predicted octanol–water partition coefficient (Wildman–Crippen LogP) is 0.516. The van der Waals surface area contributed by atoms with E-state index in [-0.39, 0.29) is 16.1 Å². The van der Waals surface area contributed by atoms with Crippen LogP contribution in [0.4, 0.5) is 11.5 Å². The molecule has 0 radical (unpaired) electrons. The molecule has 0 spiro atoms. The molecule has 1 N–H and O–H groups in total. The second-order valence-corrected chi connectivity index (χ2v) is 4.87. The van der Waals surface area contributed by atoms with Gasteiger partial charge in [-0.05, 0) is 13.8 Å². The fourth-order valence-corrected chi connectivity index (χ4v) is 2.24. The van der Waals surface area contributed by atoms with E-state index in [0.717, 1.165) is 19.6 Å². The normalized spacial score (nSPS) is 19.4. The molecule has 0 atom stereocenters. The summed E-state index contributed by atoms with van der Waals surface area (Å²) in [7, 11) is 1.74. The summed E-state index contributed by atoms with van der Waals surface area (Å²) in [6, 6.07) is 0. The molecule has 7 nitrogen and oxygen atoms in total. The number of aryl methyl sites for hydroxylation is 1. The predicted molar refractivity (Wildman–Crippen MR) is 64.2 cm³/mol. The van der Waals surface area contributed by atoms with Crippen LogP contribution in [0.3, 0.4) is 0 Å². The zero-order valence-electron chi connectivity index (χ0n) is 10.3. The van der Waals surface area contributed by atoms with Gasteiger partial charge in [0.25, 0.3) is 0 Å². The van der Waals surface area contributed by atoms with Crippen molar-refractivity contribution in [3.8, 4) is 0 Å². The number of nitro groups is 1. The number of hydrogen-bond acceptors (Lipinski definition) is 5. The molecule has 1 fully saturated rings. The van der Waals surface area contributed by atoms with Crippen molar-refractivity contribution in [2.75, 3.05) is 24.5 Å².